The van der Waals surface area contributed by atoms with E-state index in [4.69, 9.17) is 0 Å². The Morgan fingerprint density at radius 3 is 2.48 bits per heavy atom. The lowest BCUT2D eigenvalue weighted by Gasteiger charge is -2.11. The van der Waals surface area contributed by atoms with Crippen LogP contribution in [0.15, 0.2) is 53.6 Å². The molecular formula is C19H17N5O5. The fourth-order valence-corrected chi connectivity index (χ4v) is 2.68. The molecule has 0 unspecified atom stereocenters. The molecule has 148 valence electrons. The summed E-state index contributed by atoms with van der Waals surface area (Å²) in [6, 6.07) is 10.1. The zero-order valence-electron chi connectivity index (χ0n) is 15.7. The van der Waals surface area contributed by atoms with Gasteiger partial charge in [-0.3, -0.25) is 29.1 Å². The van der Waals surface area contributed by atoms with E-state index in [0.29, 0.717) is 16.8 Å². The Bertz CT molecular complexity index is 1170. The van der Waals surface area contributed by atoms with Crippen molar-refractivity contribution in [3.05, 3.63) is 74.8 Å². The lowest BCUT2D eigenvalue weighted by Crippen LogP contribution is -2.28. The molecule has 3 rings (SSSR count). The summed E-state index contributed by atoms with van der Waals surface area (Å²) in [7, 11) is 3.28. The molecule has 29 heavy (non-hydrogen) atoms. The van der Waals surface area contributed by atoms with Crippen LogP contribution in [0.4, 0.5) is 11.4 Å². The molecule has 0 bridgehead atoms. The molecule has 0 aliphatic heterocycles. The predicted octanol–water partition coefficient (Wildman–Crippen LogP) is 1.65. The molecular weight excluding hydrogens is 378 g/mol. The summed E-state index contributed by atoms with van der Waals surface area (Å²) in [6.07, 6.45) is 1.22. The molecule has 0 aliphatic carbocycles. The number of benzene rings is 2. The minimum Gasteiger partial charge on any atom is -0.345 e. The van der Waals surface area contributed by atoms with Crippen molar-refractivity contribution in [2.24, 2.45) is 0 Å². The predicted molar refractivity (Wildman–Crippen MR) is 106 cm³/mol. The van der Waals surface area contributed by atoms with E-state index in [9.17, 15) is 24.5 Å². The van der Waals surface area contributed by atoms with Crippen molar-refractivity contribution in [1.29, 1.82) is 0 Å². The summed E-state index contributed by atoms with van der Waals surface area (Å²) in [4.78, 5) is 52.5. The average Bonchev–Trinajstić information content (AvgIpc) is 2.69. The summed E-state index contributed by atoms with van der Waals surface area (Å²) >= 11 is 0. The third-order valence-corrected chi connectivity index (χ3v) is 4.15. The Labute approximate surface area is 164 Å². The first-order valence-electron chi connectivity index (χ1n) is 8.51. The molecule has 1 aromatic heterocycles. The normalized spacial score (nSPS) is 10.6. The summed E-state index contributed by atoms with van der Waals surface area (Å²) in [6.45, 7) is -0.317. The van der Waals surface area contributed by atoms with Crippen molar-refractivity contribution >= 4 is 34.1 Å². The van der Waals surface area contributed by atoms with Crippen LogP contribution in [0.2, 0.25) is 0 Å². The molecule has 1 heterocycles. The topological polar surface area (TPSA) is 127 Å². The molecule has 0 fully saturated rings. The van der Waals surface area contributed by atoms with Crippen molar-refractivity contribution in [2.75, 3.05) is 19.4 Å². The van der Waals surface area contributed by atoms with Crippen LogP contribution in [0.25, 0.3) is 10.9 Å². The molecule has 3 aromatic rings. The highest BCUT2D eigenvalue weighted by Gasteiger charge is 2.13. The molecule has 2 amide bonds. The molecule has 0 aliphatic rings. The largest absolute Gasteiger partial charge is 0.345 e. The molecule has 2 aromatic carbocycles. The zero-order chi connectivity index (χ0) is 21.1. The second kappa shape index (κ2) is 7.89. The smallest absolute Gasteiger partial charge is 0.270 e. The van der Waals surface area contributed by atoms with Crippen molar-refractivity contribution in [3.8, 4) is 0 Å². The van der Waals surface area contributed by atoms with Gasteiger partial charge in [0.2, 0.25) is 5.91 Å². The number of hydrogen-bond donors (Lipinski definition) is 1. The number of carbonyl (C=O) groups excluding carboxylic acids is 2. The first kappa shape index (κ1) is 19.7. The van der Waals surface area contributed by atoms with E-state index in [1.807, 2.05) is 0 Å². The van der Waals surface area contributed by atoms with Gasteiger partial charge in [0.05, 0.1) is 22.2 Å². The van der Waals surface area contributed by atoms with Crippen LogP contribution in [-0.4, -0.2) is 45.3 Å². The van der Waals surface area contributed by atoms with Crippen LogP contribution >= 0.6 is 0 Å². The van der Waals surface area contributed by atoms with Gasteiger partial charge >= 0.3 is 0 Å². The maximum Gasteiger partial charge on any atom is 0.270 e. The maximum atomic E-state index is 12.6. The molecule has 0 spiro atoms. The highest BCUT2D eigenvalue weighted by Crippen LogP contribution is 2.16. The second-order valence-electron chi connectivity index (χ2n) is 6.46. The third-order valence-electron chi connectivity index (χ3n) is 4.15. The van der Waals surface area contributed by atoms with E-state index in [2.05, 4.69) is 10.3 Å². The van der Waals surface area contributed by atoms with Gasteiger partial charge in [0, 0.05) is 37.5 Å². The minimum absolute atomic E-state index is 0.0565. The van der Waals surface area contributed by atoms with Crippen LogP contribution in [-0.2, 0) is 11.3 Å². The first-order chi connectivity index (χ1) is 13.8. The number of rotatable bonds is 5. The number of aromatic nitrogens is 2. The summed E-state index contributed by atoms with van der Waals surface area (Å²) < 4.78 is 1.07. The summed E-state index contributed by atoms with van der Waals surface area (Å²) in [5.41, 5.74) is 0.456. The van der Waals surface area contributed by atoms with Gasteiger partial charge in [-0.25, -0.2) is 4.98 Å². The molecule has 0 saturated carbocycles. The van der Waals surface area contributed by atoms with Crippen molar-refractivity contribution in [2.45, 2.75) is 6.54 Å². The highest BCUT2D eigenvalue weighted by atomic mass is 16.6. The number of nitro groups is 1. The van der Waals surface area contributed by atoms with Crippen molar-refractivity contribution < 1.29 is 14.5 Å². The molecule has 0 radical (unpaired) electrons. The Morgan fingerprint density at radius 1 is 1.17 bits per heavy atom. The van der Waals surface area contributed by atoms with Crippen LogP contribution in [0.1, 0.15) is 10.4 Å². The third kappa shape index (κ3) is 4.26. The van der Waals surface area contributed by atoms with Crippen molar-refractivity contribution in [3.63, 3.8) is 0 Å². The van der Waals surface area contributed by atoms with Crippen molar-refractivity contribution in [1.82, 2.24) is 14.5 Å². The Kier molecular flexibility index (Phi) is 5.35. The number of carbonyl (C=O) groups is 2. The first-order valence-corrected chi connectivity index (χ1v) is 8.51. The number of nitrogens with zero attached hydrogens (tertiary/aromatic N) is 4. The minimum atomic E-state index is -0.604. The van der Waals surface area contributed by atoms with Gasteiger partial charge in [0.1, 0.15) is 6.54 Å². The van der Waals surface area contributed by atoms with Crippen LogP contribution in [0, 0.1) is 10.1 Å². The van der Waals surface area contributed by atoms with Crippen LogP contribution < -0.4 is 10.9 Å². The van der Waals surface area contributed by atoms with E-state index in [1.54, 1.807) is 38.4 Å². The number of fused-ring (bicyclic) bond motifs is 1. The lowest BCUT2D eigenvalue weighted by atomic mass is 10.2. The fourth-order valence-electron chi connectivity index (χ4n) is 2.68. The Morgan fingerprint density at radius 2 is 1.86 bits per heavy atom. The van der Waals surface area contributed by atoms with Gasteiger partial charge in [-0.1, -0.05) is 0 Å². The number of non-ortho nitro benzene ring substituents is 1. The van der Waals surface area contributed by atoms with Gasteiger partial charge < -0.3 is 10.2 Å². The molecule has 1 N–H and O–H groups in total. The zero-order valence-corrected chi connectivity index (χ0v) is 15.7. The fraction of sp³-hybridized carbons (Fsp3) is 0.158. The SMILES string of the molecule is CN(C)C(=O)c1ccc(NC(=O)Cn2cnc3ccc([N+](=O)[O-])cc3c2=O)cc1. The summed E-state index contributed by atoms with van der Waals surface area (Å²) in [5, 5.41) is 13.6. The van der Waals surface area contributed by atoms with E-state index in [-0.39, 0.29) is 23.5 Å². The van der Waals surface area contributed by atoms with E-state index >= 15 is 0 Å². The second-order valence-corrected chi connectivity index (χ2v) is 6.46. The number of nitrogens with one attached hydrogen (secondary N) is 1. The van der Waals surface area contributed by atoms with Crippen LogP contribution in [0.3, 0.4) is 0 Å². The van der Waals surface area contributed by atoms with E-state index in [1.165, 1.54) is 23.4 Å². The lowest BCUT2D eigenvalue weighted by molar-refractivity contribution is -0.384. The number of nitro benzene ring substituents is 1. The van der Waals surface area contributed by atoms with Gasteiger partial charge in [-0.05, 0) is 30.3 Å². The number of anilines is 1. The number of amides is 2. The molecule has 0 atom stereocenters. The van der Waals surface area contributed by atoms with E-state index < -0.39 is 16.4 Å². The van der Waals surface area contributed by atoms with Gasteiger partial charge in [0.15, 0.2) is 0 Å². The maximum absolute atomic E-state index is 12.6. The molecule has 10 nitrogen and oxygen atoms in total. The molecule has 0 saturated heterocycles. The summed E-state index contributed by atoms with van der Waals surface area (Å²) in [5.74, 6) is -0.642. The van der Waals surface area contributed by atoms with Gasteiger partial charge in [-0.2, -0.15) is 0 Å². The van der Waals surface area contributed by atoms with Crippen LogP contribution in [0.5, 0.6) is 0 Å². The van der Waals surface area contributed by atoms with Gasteiger partial charge in [-0.15, -0.1) is 0 Å². The quantitative estimate of drug-likeness (QED) is 0.517. The number of hydrogen-bond acceptors (Lipinski definition) is 6. The molecule has 10 heteroatoms. The average molecular weight is 395 g/mol. The Balaban J connectivity index is 1.77. The van der Waals surface area contributed by atoms with E-state index in [0.717, 1.165) is 10.6 Å². The van der Waals surface area contributed by atoms with Gasteiger partial charge in [0.25, 0.3) is 17.2 Å². The Hall–Kier alpha value is -4.08. The standard InChI is InChI=1S/C19H17N5O5/c1-22(2)18(26)12-3-5-13(6-4-12)21-17(25)10-23-11-20-16-8-7-14(24(28)29)9-15(16)19(23)27/h3-9,11H,10H2,1-2H3,(H,21,25). The highest BCUT2D eigenvalue weighted by molar-refractivity contribution is 5.95. The monoisotopic (exact) mass is 395 g/mol.